The number of esters is 1. The van der Waals surface area contributed by atoms with Gasteiger partial charge < -0.3 is 4.74 Å². The number of hydrogen-bond donors (Lipinski definition) is 0. The summed E-state index contributed by atoms with van der Waals surface area (Å²) >= 11 is 0. The predicted molar refractivity (Wildman–Crippen MR) is 63.1 cm³/mol. The zero-order chi connectivity index (χ0) is 12.8. The summed E-state index contributed by atoms with van der Waals surface area (Å²) in [6, 6.07) is 0. The maximum absolute atomic E-state index is 11.5. The van der Waals surface area contributed by atoms with Crippen LogP contribution in [0.4, 0.5) is 0 Å². The summed E-state index contributed by atoms with van der Waals surface area (Å²) in [4.78, 5) is 12.7. The maximum atomic E-state index is 11.5. The van der Waals surface area contributed by atoms with E-state index in [-0.39, 0.29) is 23.5 Å². The van der Waals surface area contributed by atoms with E-state index in [4.69, 9.17) is 4.74 Å². The molecule has 0 fully saturated rings. The van der Waals surface area contributed by atoms with Gasteiger partial charge in [-0.05, 0) is 27.8 Å². The normalized spacial score (nSPS) is 12.1. The lowest BCUT2D eigenvalue weighted by atomic mass is 10.5. The van der Waals surface area contributed by atoms with Crippen molar-refractivity contribution < 1.29 is 17.9 Å². The molecule has 0 aromatic rings. The molecular formula is C10H21NO4S. The van der Waals surface area contributed by atoms with E-state index in [1.54, 1.807) is 32.7 Å². The second-order valence-corrected chi connectivity index (χ2v) is 6.64. The number of rotatable bonds is 7. The molecule has 0 aliphatic rings. The van der Waals surface area contributed by atoms with Gasteiger partial charge in [0.1, 0.15) is 0 Å². The summed E-state index contributed by atoms with van der Waals surface area (Å²) in [6.45, 7) is 5.86. The van der Waals surface area contributed by atoms with Gasteiger partial charge in [0.15, 0.2) is 9.84 Å². The van der Waals surface area contributed by atoms with Gasteiger partial charge in [-0.2, -0.15) is 0 Å². The highest BCUT2D eigenvalue weighted by Gasteiger charge is 2.17. The Hall–Kier alpha value is -0.620. The van der Waals surface area contributed by atoms with E-state index in [0.717, 1.165) is 0 Å². The lowest BCUT2D eigenvalue weighted by Crippen LogP contribution is -2.33. The molecule has 0 bridgehead atoms. The summed E-state index contributed by atoms with van der Waals surface area (Å²) in [7, 11) is -1.33. The monoisotopic (exact) mass is 251 g/mol. The zero-order valence-electron chi connectivity index (χ0n) is 10.4. The summed E-state index contributed by atoms with van der Waals surface area (Å²) in [5, 5.41) is -0.372. The molecule has 6 heteroatoms. The summed E-state index contributed by atoms with van der Waals surface area (Å²) < 4.78 is 27.8. The van der Waals surface area contributed by atoms with Gasteiger partial charge in [0.25, 0.3) is 0 Å². The van der Waals surface area contributed by atoms with Crippen molar-refractivity contribution in [1.29, 1.82) is 0 Å². The molecule has 0 saturated heterocycles. The van der Waals surface area contributed by atoms with Gasteiger partial charge in [0.05, 0.1) is 24.2 Å². The third-order valence-electron chi connectivity index (χ3n) is 2.18. The first-order valence-electron chi connectivity index (χ1n) is 5.35. The topological polar surface area (TPSA) is 63.7 Å². The Labute approximate surface area is 97.7 Å². The Morgan fingerprint density at radius 2 is 1.94 bits per heavy atom. The molecule has 0 N–H and O–H groups in total. The van der Waals surface area contributed by atoms with Crippen LogP contribution in [-0.4, -0.2) is 57.0 Å². The van der Waals surface area contributed by atoms with Gasteiger partial charge in [-0.15, -0.1) is 0 Å². The molecule has 0 atom stereocenters. The highest BCUT2D eigenvalue weighted by atomic mass is 32.2. The Morgan fingerprint density at radius 3 is 2.38 bits per heavy atom. The van der Waals surface area contributed by atoms with Crippen LogP contribution in [0.15, 0.2) is 0 Å². The molecule has 5 nitrogen and oxygen atoms in total. The van der Waals surface area contributed by atoms with E-state index in [1.807, 2.05) is 0 Å². The fourth-order valence-electron chi connectivity index (χ4n) is 1.02. The van der Waals surface area contributed by atoms with Crippen LogP contribution in [0.3, 0.4) is 0 Å². The first kappa shape index (κ1) is 15.4. The molecule has 0 rings (SSSR count). The first-order valence-corrected chi connectivity index (χ1v) is 7.07. The fraction of sp³-hybridized carbons (Fsp3) is 0.900. The average Bonchev–Trinajstić information content (AvgIpc) is 2.15. The zero-order valence-corrected chi connectivity index (χ0v) is 11.2. The molecule has 0 aromatic carbocycles. The number of carbonyl (C=O) groups is 1. The summed E-state index contributed by atoms with van der Waals surface area (Å²) in [5.41, 5.74) is 0. The van der Waals surface area contributed by atoms with Crippen LogP contribution in [0.1, 0.15) is 20.8 Å². The van der Waals surface area contributed by atoms with Crippen molar-refractivity contribution in [3.8, 4) is 0 Å². The Balaban J connectivity index is 3.99. The molecule has 0 heterocycles. The summed E-state index contributed by atoms with van der Waals surface area (Å²) in [6.07, 6.45) is 0. The van der Waals surface area contributed by atoms with Crippen molar-refractivity contribution in [1.82, 2.24) is 4.90 Å². The number of ether oxygens (including phenoxy) is 1. The lowest BCUT2D eigenvalue weighted by Gasteiger charge is -2.16. The lowest BCUT2D eigenvalue weighted by molar-refractivity contribution is -0.144. The molecule has 0 aliphatic heterocycles. The predicted octanol–water partition coefficient (Wildman–Crippen LogP) is 0.305. The van der Waals surface area contributed by atoms with Gasteiger partial charge in [0.2, 0.25) is 0 Å². The van der Waals surface area contributed by atoms with Crippen molar-refractivity contribution in [3.05, 3.63) is 0 Å². The van der Waals surface area contributed by atoms with Crippen LogP contribution in [0.2, 0.25) is 0 Å². The SMILES string of the molecule is CCOC(=O)CN(C)CCS(=O)(=O)C(C)C. The maximum Gasteiger partial charge on any atom is 0.320 e. The number of likely N-dealkylation sites (N-methyl/N-ethyl adjacent to an activating group) is 1. The minimum Gasteiger partial charge on any atom is -0.465 e. The van der Waals surface area contributed by atoms with E-state index < -0.39 is 9.84 Å². The van der Waals surface area contributed by atoms with Crippen LogP contribution >= 0.6 is 0 Å². The molecule has 0 unspecified atom stereocenters. The molecule has 96 valence electrons. The summed E-state index contributed by atoms with van der Waals surface area (Å²) in [5.74, 6) is -0.257. The quantitative estimate of drug-likeness (QED) is 0.609. The first-order chi connectivity index (χ1) is 7.29. The van der Waals surface area contributed by atoms with Crippen molar-refractivity contribution in [2.75, 3.05) is 32.5 Å². The van der Waals surface area contributed by atoms with Crippen LogP contribution < -0.4 is 0 Å². The van der Waals surface area contributed by atoms with Crippen LogP contribution in [0, 0.1) is 0 Å². The minimum absolute atomic E-state index is 0.0700. The van der Waals surface area contributed by atoms with Gasteiger partial charge >= 0.3 is 5.97 Å². The largest absolute Gasteiger partial charge is 0.465 e. The molecule has 0 aromatic heterocycles. The van der Waals surface area contributed by atoms with Gasteiger partial charge in [-0.25, -0.2) is 8.42 Å². The van der Waals surface area contributed by atoms with E-state index in [0.29, 0.717) is 13.2 Å². The van der Waals surface area contributed by atoms with Crippen LogP contribution in [0.5, 0.6) is 0 Å². The molecular weight excluding hydrogens is 230 g/mol. The van der Waals surface area contributed by atoms with Gasteiger partial charge in [-0.3, -0.25) is 9.69 Å². The smallest absolute Gasteiger partial charge is 0.320 e. The van der Waals surface area contributed by atoms with E-state index >= 15 is 0 Å². The molecule has 0 aliphatic carbocycles. The highest BCUT2D eigenvalue weighted by Crippen LogP contribution is 2.01. The average molecular weight is 251 g/mol. The van der Waals surface area contributed by atoms with Crippen molar-refractivity contribution in [3.63, 3.8) is 0 Å². The molecule has 0 saturated carbocycles. The van der Waals surface area contributed by atoms with Crippen LogP contribution in [-0.2, 0) is 19.4 Å². The Bertz CT molecular complexity index is 311. The number of hydrogen-bond acceptors (Lipinski definition) is 5. The van der Waals surface area contributed by atoms with Gasteiger partial charge in [-0.1, -0.05) is 0 Å². The standard InChI is InChI=1S/C10H21NO4S/c1-5-15-10(12)8-11(4)6-7-16(13,14)9(2)3/h9H,5-8H2,1-4H3. The van der Waals surface area contributed by atoms with E-state index in [1.165, 1.54) is 0 Å². The highest BCUT2D eigenvalue weighted by molar-refractivity contribution is 7.92. The van der Waals surface area contributed by atoms with Gasteiger partial charge in [0, 0.05) is 6.54 Å². The number of sulfone groups is 1. The van der Waals surface area contributed by atoms with Crippen LogP contribution in [0.25, 0.3) is 0 Å². The Kier molecular flexibility index (Phi) is 6.59. The minimum atomic E-state index is -3.04. The molecule has 0 amide bonds. The van der Waals surface area contributed by atoms with Crippen molar-refractivity contribution in [2.45, 2.75) is 26.0 Å². The van der Waals surface area contributed by atoms with Crippen molar-refractivity contribution in [2.24, 2.45) is 0 Å². The number of nitrogens with zero attached hydrogens (tertiary/aromatic N) is 1. The third kappa shape index (κ3) is 6.07. The molecule has 16 heavy (non-hydrogen) atoms. The van der Waals surface area contributed by atoms with E-state index in [2.05, 4.69) is 0 Å². The van der Waals surface area contributed by atoms with E-state index in [9.17, 15) is 13.2 Å². The Morgan fingerprint density at radius 1 is 1.38 bits per heavy atom. The fourth-order valence-corrected chi connectivity index (χ4v) is 2.06. The second kappa shape index (κ2) is 6.85. The molecule has 0 radical (unpaired) electrons. The van der Waals surface area contributed by atoms with Crippen molar-refractivity contribution >= 4 is 15.8 Å². The molecule has 0 spiro atoms. The second-order valence-electron chi connectivity index (χ2n) is 3.96. The number of carbonyl (C=O) groups excluding carboxylic acids is 1. The third-order valence-corrected chi connectivity index (χ3v) is 4.37.